The van der Waals surface area contributed by atoms with E-state index in [0.717, 1.165) is 22.0 Å². The maximum absolute atomic E-state index is 12.3. The van der Waals surface area contributed by atoms with E-state index in [4.69, 9.17) is 0 Å². The van der Waals surface area contributed by atoms with Crippen molar-refractivity contribution in [2.24, 2.45) is 0 Å². The van der Waals surface area contributed by atoms with Crippen LogP contribution in [0.5, 0.6) is 0 Å². The number of hydrogen-bond donors (Lipinski definition) is 1. The number of thiophene rings is 1. The van der Waals surface area contributed by atoms with Crippen LogP contribution in [-0.2, 0) is 6.42 Å². The van der Waals surface area contributed by atoms with Crippen molar-refractivity contribution in [3.05, 3.63) is 94.8 Å². The highest BCUT2D eigenvalue weighted by Gasteiger charge is 2.08. The quantitative estimate of drug-likeness (QED) is 0.363. The molecule has 3 heteroatoms. The molecule has 0 saturated heterocycles. The second kappa shape index (κ2) is 6.53. The van der Waals surface area contributed by atoms with E-state index in [9.17, 15) is 4.79 Å². The summed E-state index contributed by atoms with van der Waals surface area (Å²) in [7, 11) is 0. The third-order valence-electron chi connectivity index (χ3n) is 5.00. The molecule has 0 atom stereocenters. The highest BCUT2D eigenvalue weighted by Crippen LogP contribution is 2.28. The van der Waals surface area contributed by atoms with Gasteiger partial charge in [-0.25, -0.2) is 0 Å². The Morgan fingerprint density at radius 3 is 2.44 bits per heavy atom. The van der Waals surface area contributed by atoms with Crippen LogP contribution < -0.4 is 0 Å². The predicted octanol–water partition coefficient (Wildman–Crippen LogP) is 6.48. The number of H-pyrrole nitrogens is 1. The summed E-state index contributed by atoms with van der Waals surface area (Å²) in [6.07, 6.45) is 2.41. The molecule has 0 radical (unpaired) electrons. The minimum atomic E-state index is 0.173. The lowest BCUT2D eigenvalue weighted by molar-refractivity contribution is 0.0993. The van der Waals surface area contributed by atoms with E-state index in [0.29, 0.717) is 6.42 Å². The molecular formula is C24H17NOS. The first-order valence-corrected chi connectivity index (χ1v) is 9.86. The Hall–Kier alpha value is -3.17. The van der Waals surface area contributed by atoms with Gasteiger partial charge in [-0.3, -0.25) is 4.79 Å². The van der Waals surface area contributed by atoms with Crippen LogP contribution in [0.1, 0.15) is 15.9 Å². The minimum Gasteiger partial charge on any atom is -0.361 e. The number of fused-ring (bicyclic) bond motifs is 2. The van der Waals surface area contributed by atoms with E-state index in [-0.39, 0.29) is 5.78 Å². The van der Waals surface area contributed by atoms with E-state index >= 15 is 0 Å². The zero-order chi connectivity index (χ0) is 18.2. The molecule has 0 fully saturated rings. The normalized spacial score (nSPS) is 11.3. The molecule has 0 unspecified atom stereocenters. The molecule has 0 bridgehead atoms. The molecule has 130 valence electrons. The van der Waals surface area contributed by atoms with Crippen molar-refractivity contribution >= 4 is 38.8 Å². The Labute approximate surface area is 161 Å². The molecule has 0 spiro atoms. The molecule has 1 N–H and O–H groups in total. The molecular weight excluding hydrogens is 350 g/mol. The predicted molar refractivity (Wildman–Crippen MR) is 114 cm³/mol. The summed E-state index contributed by atoms with van der Waals surface area (Å²) >= 11 is 1.56. The van der Waals surface area contributed by atoms with E-state index in [1.807, 2.05) is 23.0 Å². The van der Waals surface area contributed by atoms with Gasteiger partial charge in [-0.15, -0.1) is 0 Å². The van der Waals surface area contributed by atoms with Crippen LogP contribution in [-0.4, -0.2) is 10.8 Å². The van der Waals surface area contributed by atoms with Gasteiger partial charge >= 0.3 is 0 Å². The fraction of sp³-hybridized carbons (Fsp3) is 0.0417. The molecule has 27 heavy (non-hydrogen) atoms. The standard InChI is InChI=1S/C24H17NOS/c26-24(22-8-10-27-15-22)12-16-1-2-19-13-20(6-5-18(19)11-16)21-4-3-17-7-9-25-23(17)14-21/h1-11,13-15,25H,12H2. The molecule has 0 aliphatic heterocycles. The SMILES string of the molecule is O=C(Cc1ccc2cc(-c3ccc4cc[nH]c4c3)ccc2c1)c1ccsc1. The van der Waals surface area contributed by atoms with Gasteiger partial charge in [0.15, 0.2) is 5.78 Å². The Kier molecular flexibility index (Phi) is 3.88. The van der Waals surface area contributed by atoms with Crippen molar-refractivity contribution in [2.45, 2.75) is 6.42 Å². The average molecular weight is 367 g/mol. The maximum atomic E-state index is 12.3. The van der Waals surface area contributed by atoms with E-state index in [2.05, 4.69) is 65.6 Å². The van der Waals surface area contributed by atoms with Gasteiger partial charge in [0, 0.05) is 29.1 Å². The summed E-state index contributed by atoms with van der Waals surface area (Å²) in [6.45, 7) is 0. The number of carbonyl (C=O) groups excluding carboxylic acids is 1. The van der Waals surface area contributed by atoms with Crippen LogP contribution in [0.3, 0.4) is 0 Å². The van der Waals surface area contributed by atoms with E-state index in [1.54, 1.807) is 11.3 Å². The lowest BCUT2D eigenvalue weighted by atomic mass is 9.97. The number of aromatic nitrogens is 1. The van der Waals surface area contributed by atoms with Crippen molar-refractivity contribution in [1.29, 1.82) is 0 Å². The zero-order valence-electron chi connectivity index (χ0n) is 14.6. The molecule has 0 saturated carbocycles. The van der Waals surface area contributed by atoms with Crippen LogP contribution in [0, 0.1) is 0 Å². The van der Waals surface area contributed by atoms with Gasteiger partial charge in [0.2, 0.25) is 0 Å². The van der Waals surface area contributed by atoms with Crippen LogP contribution in [0.25, 0.3) is 32.8 Å². The molecule has 0 aliphatic carbocycles. The van der Waals surface area contributed by atoms with E-state index in [1.165, 1.54) is 21.9 Å². The summed E-state index contributed by atoms with van der Waals surface area (Å²) < 4.78 is 0. The summed E-state index contributed by atoms with van der Waals surface area (Å²) in [5.41, 5.74) is 5.40. The Balaban J connectivity index is 1.46. The summed E-state index contributed by atoms with van der Waals surface area (Å²) in [4.78, 5) is 15.6. The third-order valence-corrected chi connectivity index (χ3v) is 5.68. The second-order valence-corrected chi connectivity index (χ2v) is 7.57. The summed E-state index contributed by atoms with van der Waals surface area (Å²) in [6, 6.07) is 23.3. The lowest BCUT2D eigenvalue weighted by Gasteiger charge is -2.07. The summed E-state index contributed by atoms with van der Waals surface area (Å²) in [5.74, 6) is 0.173. The Morgan fingerprint density at radius 2 is 1.59 bits per heavy atom. The van der Waals surface area contributed by atoms with Crippen LogP contribution >= 0.6 is 11.3 Å². The Bertz CT molecular complexity index is 1260. The van der Waals surface area contributed by atoms with Crippen LogP contribution in [0.4, 0.5) is 0 Å². The fourth-order valence-corrected chi connectivity index (χ4v) is 4.18. The number of carbonyl (C=O) groups is 1. The number of hydrogen-bond acceptors (Lipinski definition) is 2. The summed E-state index contributed by atoms with van der Waals surface area (Å²) in [5, 5.41) is 7.43. The molecule has 2 nitrogen and oxygen atoms in total. The highest BCUT2D eigenvalue weighted by molar-refractivity contribution is 7.08. The number of ketones is 1. The van der Waals surface area contributed by atoms with Gasteiger partial charge in [-0.1, -0.05) is 42.5 Å². The second-order valence-electron chi connectivity index (χ2n) is 6.79. The molecule has 3 aromatic carbocycles. The topological polar surface area (TPSA) is 32.9 Å². The largest absolute Gasteiger partial charge is 0.361 e. The number of rotatable bonds is 4. The van der Waals surface area contributed by atoms with E-state index < -0.39 is 0 Å². The molecule has 2 aromatic heterocycles. The number of benzene rings is 3. The van der Waals surface area contributed by atoms with Crippen molar-refractivity contribution in [1.82, 2.24) is 4.98 Å². The molecule has 0 amide bonds. The monoisotopic (exact) mass is 367 g/mol. The first-order chi connectivity index (χ1) is 13.3. The Morgan fingerprint density at radius 1 is 0.815 bits per heavy atom. The molecule has 5 aromatic rings. The minimum absolute atomic E-state index is 0.173. The first-order valence-electron chi connectivity index (χ1n) is 8.92. The smallest absolute Gasteiger partial charge is 0.168 e. The number of nitrogens with one attached hydrogen (secondary N) is 1. The van der Waals surface area contributed by atoms with Crippen molar-refractivity contribution < 1.29 is 4.79 Å². The zero-order valence-corrected chi connectivity index (χ0v) is 15.4. The first kappa shape index (κ1) is 16.0. The fourth-order valence-electron chi connectivity index (χ4n) is 3.52. The van der Waals surface area contributed by atoms with Gasteiger partial charge in [-0.05, 0) is 62.5 Å². The van der Waals surface area contributed by atoms with Gasteiger partial charge in [0.05, 0.1) is 0 Å². The molecule has 2 heterocycles. The van der Waals surface area contributed by atoms with Crippen LogP contribution in [0.2, 0.25) is 0 Å². The highest BCUT2D eigenvalue weighted by atomic mass is 32.1. The third kappa shape index (κ3) is 3.07. The van der Waals surface area contributed by atoms with Gasteiger partial charge < -0.3 is 4.98 Å². The molecule has 0 aliphatic rings. The molecule has 5 rings (SSSR count). The van der Waals surface area contributed by atoms with Gasteiger partial charge in [0.25, 0.3) is 0 Å². The van der Waals surface area contributed by atoms with Crippen molar-refractivity contribution in [3.8, 4) is 11.1 Å². The number of Topliss-reactive ketones (excluding diaryl/α,β-unsaturated/α-hetero) is 1. The number of aromatic amines is 1. The lowest BCUT2D eigenvalue weighted by Crippen LogP contribution is -2.01. The van der Waals surface area contributed by atoms with Crippen molar-refractivity contribution in [3.63, 3.8) is 0 Å². The van der Waals surface area contributed by atoms with Crippen LogP contribution in [0.15, 0.2) is 83.7 Å². The van der Waals surface area contributed by atoms with Gasteiger partial charge in [0.1, 0.15) is 0 Å². The van der Waals surface area contributed by atoms with Gasteiger partial charge in [-0.2, -0.15) is 11.3 Å². The average Bonchev–Trinajstić information content (AvgIpc) is 3.38. The maximum Gasteiger partial charge on any atom is 0.168 e. The van der Waals surface area contributed by atoms with Crippen molar-refractivity contribution in [2.75, 3.05) is 0 Å².